The van der Waals surface area contributed by atoms with Gasteiger partial charge in [0.15, 0.2) is 4.96 Å². The maximum atomic E-state index is 13.3. The molecule has 2 aromatic heterocycles. The molecule has 7 nitrogen and oxygen atoms in total. The van der Waals surface area contributed by atoms with E-state index in [1.165, 1.54) is 10.5 Å². The van der Waals surface area contributed by atoms with Gasteiger partial charge in [0.2, 0.25) is 0 Å². The number of rotatable bonds is 7. The number of carbonyl (C=O) groups excluding carboxylic acids is 2. The van der Waals surface area contributed by atoms with Crippen LogP contribution in [0.4, 0.5) is 11.4 Å². The summed E-state index contributed by atoms with van der Waals surface area (Å²) in [6.07, 6.45) is 2.35. The van der Waals surface area contributed by atoms with Crippen LogP contribution < -0.4 is 16.2 Å². The third kappa shape index (κ3) is 4.85. The van der Waals surface area contributed by atoms with E-state index in [0.717, 1.165) is 29.7 Å². The lowest BCUT2D eigenvalue weighted by atomic mass is 10.1. The molecule has 4 rings (SSSR count). The predicted molar refractivity (Wildman–Crippen MR) is 132 cm³/mol. The minimum atomic E-state index is -0.546. The van der Waals surface area contributed by atoms with Gasteiger partial charge in [0.25, 0.3) is 17.4 Å². The Morgan fingerprint density at radius 3 is 2.27 bits per heavy atom. The minimum Gasteiger partial charge on any atom is -0.321 e. The smallest absolute Gasteiger partial charge is 0.274 e. The van der Waals surface area contributed by atoms with E-state index >= 15 is 0 Å². The molecule has 0 bridgehead atoms. The van der Waals surface area contributed by atoms with Gasteiger partial charge in [-0.3, -0.25) is 14.4 Å². The van der Waals surface area contributed by atoms with Crippen LogP contribution in [0.5, 0.6) is 0 Å². The third-order valence-electron chi connectivity index (χ3n) is 5.15. The van der Waals surface area contributed by atoms with E-state index in [4.69, 9.17) is 0 Å². The van der Waals surface area contributed by atoms with Gasteiger partial charge in [-0.15, -0.1) is 0 Å². The maximum Gasteiger partial charge on any atom is 0.274 e. The molecule has 0 spiro atoms. The van der Waals surface area contributed by atoms with Crippen LogP contribution in [0.25, 0.3) is 4.96 Å². The van der Waals surface area contributed by atoms with Crippen LogP contribution >= 0.6 is 11.3 Å². The summed E-state index contributed by atoms with van der Waals surface area (Å²) in [5, 5.41) is 5.62. The summed E-state index contributed by atoms with van der Waals surface area (Å²) in [5.41, 5.74) is 2.54. The number of carbonyl (C=O) groups is 2. The standard InChI is InChI=1S/C25H24N4O3S/c1-3-8-19-15-20(30)29-21(23(31)26-18-13-11-16(4-2)12-14-18)22(33-25(29)28-19)24(32)27-17-9-6-5-7-10-17/h5-7,9-15H,3-4,8H2,1-2H3,(H,26,31)(H,27,32). The van der Waals surface area contributed by atoms with Crippen LogP contribution in [0.1, 0.15) is 51.7 Å². The first kappa shape index (κ1) is 22.4. The number of benzene rings is 2. The van der Waals surface area contributed by atoms with Crippen LogP contribution in [-0.4, -0.2) is 21.2 Å². The molecule has 0 aliphatic heterocycles. The van der Waals surface area contributed by atoms with Crippen molar-refractivity contribution in [2.45, 2.75) is 33.1 Å². The first-order chi connectivity index (χ1) is 16.0. The molecule has 168 valence electrons. The number of anilines is 2. The monoisotopic (exact) mass is 460 g/mol. The molecular formula is C25H24N4O3S. The molecule has 0 fully saturated rings. The summed E-state index contributed by atoms with van der Waals surface area (Å²) in [6, 6.07) is 17.8. The number of hydrogen-bond donors (Lipinski definition) is 2. The Morgan fingerprint density at radius 1 is 0.939 bits per heavy atom. The summed E-state index contributed by atoms with van der Waals surface area (Å²) in [7, 11) is 0. The van der Waals surface area contributed by atoms with E-state index in [0.29, 0.717) is 28.5 Å². The summed E-state index contributed by atoms with van der Waals surface area (Å²) in [5.74, 6) is -1.02. The number of hydrogen-bond acceptors (Lipinski definition) is 5. The molecule has 0 atom stereocenters. The number of nitrogens with zero attached hydrogens (tertiary/aromatic N) is 2. The van der Waals surface area contributed by atoms with Gasteiger partial charge in [0.05, 0.1) is 0 Å². The second kappa shape index (κ2) is 9.79. The molecule has 0 unspecified atom stereocenters. The second-order valence-corrected chi connectivity index (χ2v) is 8.54. The van der Waals surface area contributed by atoms with Crippen molar-refractivity contribution in [2.75, 3.05) is 10.6 Å². The Morgan fingerprint density at radius 2 is 1.61 bits per heavy atom. The third-order valence-corrected chi connectivity index (χ3v) is 6.19. The molecule has 0 saturated carbocycles. The number of thiazole rings is 1. The van der Waals surface area contributed by atoms with E-state index in [1.807, 2.05) is 25.1 Å². The molecule has 2 aromatic carbocycles. The average Bonchev–Trinajstić information content (AvgIpc) is 3.21. The van der Waals surface area contributed by atoms with Crippen molar-refractivity contribution in [3.63, 3.8) is 0 Å². The van der Waals surface area contributed by atoms with Gasteiger partial charge >= 0.3 is 0 Å². The van der Waals surface area contributed by atoms with Gasteiger partial charge in [-0.1, -0.05) is 61.9 Å². The normalized spacial score (nSPS) is 10.8. The van der Waals surface area contributed by atoms with Gasteiger partial charge in [-0.25, -0.2) is 9.38 Å². The quantitative estimate of drug-likeness (QED) is 0.415. The molecule has 0 saturated heterocycles. The van der Waals surface area contributed by atoms with Crippen LogP contribution in [0.3, 0.4) is 0 Å². The number of aromatic nitrogens is 2. The summed E-state index contributed by atoms with van der Waals surface area (Å²) in [4.78, 5) is 44.4. The van der Waals surface area contributed by atoms with E-state index in [9.17, 15) is 14.4 Å². The van der Waals surface area contributed by atoms with Crippen molar-refractivity contribution in [1.29, 1.82) is 0 Å². The van der Waals surface area contributed by atoms with Crippen molar-refractivity contribution in [3.8, 4) is 0 Å². The van der Waals surface area contributed by atoms with Gasteiger partial charge in [0, 0.05) is 23.1 Å². The largest absolute Gasteiger partial charge is 0.321 e. The molecule has 8 heteroatoms. The molecule has 2 heterocycles. The lowest BCUT2D eigenvalue weighted by Gasteiger charge is -2.09. The SMILES string of the molecule is CCCc1cc(=O)n2c(C(=O)Nc3ccc(CC)cc3)c(C(=O)Nc3ccccc3)sc2n1. The Bertz CT molecular complexity index is 1360. The Hall–Kier alpha value is -3.78. The van der Waals surface area contributed by atoms with E-state index in [2.05, 4.69) is 22.5 Å². The Balaban J connectivity index is 1.78. The zero-order valence-corrected chi connectivity index (χ0v) is 19.2. The van der Waals surface area contributed by atoms with Gasteiger partial charge < -0.3 is 10.6 Å². The highest BCUT2D eigenvalue weighted by Crippen LogP contribution is 2.24. The number of aryl methyl sites for hydroxylation is 2. The highest BCUT2D eigenvalue weighted by atomic mass is 32.1. The zero-order chi connectivity index (χ0) is 23.4. The fraction of sp³-hybridized carbons (Fsp3) is 0.200. The lowest BCUT2D eigenvalue weighted by Crippen LogP contribution is -2.25. The van der Waals surface area contributed by atoms with Crippen molar-refractivity contribution < 1.29 is 9.59 Å². The molecule has 2 amide bonds. The topological polar surface area (TPSA) is 92.6 Å². The Kier molecular flexibility index (Phi) is 6.65. The van der Waals surface area contributed by atoms with E-state index in [1.54, 1.807) is 36.4 Å². The van der Waals surface area contributed by atoms with Crippen molar-refractivity contribution >= 4 is 39.5 Å². The summed E-state index contributed by atoms with van der Waals surface area (Å²) >= 11 is 1.03. The molecule has 0 aliphatic rings. The first-order valence-corrected chi connectivity index (χ1v) is 11.6. The minimum absolute atomic E-state index is 0.0245. The Labute approximate surface area is 195 Å². The van der Waals surface area contributed by atoms with E-state index in [-0.39, 0.29) is 16.1 Å². The number of amides is 2. The highest BCUT2D eigenvalue weighted by Gasteiger charge is 2.26. The molecule has 0 aliphatic carbocycles. The molecule has 0 radical (unpaired) electrons. The highest BCUT2D eigenvalue weighted by molar-refractivity contribution is 7.19. The molecule has 4 aromatic rings. The predicted octanol–water partition coefficient (Wildman–Crippen LogP) is 4.78. The van der Waals surface area contributed by atoms with E-state index < -0.39 is 11.8 Å². The van der Waals surface area contributed by atoms with Crippen LogP contribution in [-0.2, 0) is 12.8 Å². The number of nitrogens with one attached hydrogen (secondary N) is 2. The number of para-hydroxylation sites is 1. The maximum absolute atomic E-state index is 13.3. The molecule has 33 heavy (non-hydrogen) atoms. The average molecular weight is 461 g/mol. The van der Waals surface area contributed by atoms with Crippen LogP contribution in [0.15, 0.2) is 65.5 Å². The van der Waals surface area contributed by atoms with Gasteiger partial charge in [-0.05, 0) is 42.7 Å². The van der Waals surface area contributed by atoms with Crippen LogP contribution in [0.2, 0.25) is 0 Å². The fourth-order valence-electron chi connectivity index (χ4n) is 3.49. The lowest BCUT2D eigenvalue weighted by molar-refractivity contribution is 0.0989. The second-order valence-electron chi connectivity index (χ2n) is 7.56. The van der Waals surface area contributed by atoms with Gasteiger partial charge in [-0.2, -0.15) is 0 Å². The van der Waals surface area contributed by atoms with Crippen molar-refractivity contribution in [3.05, 3.63) is 92.8 Å². The van der Waals surface area contributed by atoms with Crippen LogP contribution in [0, 0.1) is 0 Å². The first-order valence-electron chi connectivity index (χ1n) is 10.8. The van der Waals surface area contributed by atoms with Crippen molar-refractivity contribution in [2.24, 2.45) is 0 Å². The fourth-order valence-corrected chi connectivity index (χ4v) is 4.53. The summed E-state index contributed by atoms with van der Waals surface area (Å²) < 4.78 is 1.22. The molecular weight excluding hydrogens is 436 g/mol. The zero-order valence-electron chi connectivity index (χ0n) is 18.4. The number of fused-ring (bicyclic) bond motifs is 1. The molecule has 2 N–H and O–H groups in total. The van der Waals surface area contributed by atoms with Crippen molar-refractivity contribution in [1.82, 2.24) is 9.38 Å². The van der Waals surface area contributed by atoms with Gasteiger partial charge in [0.1, 0.15) is 10.6 Å². The summed E-state index contributed by atoms with van der Waals surface area (Å²) in [6.45, 7) is 4.05.